The fourth-order valence-electron chi connectivity index (χ4n) is 4.15. The number of hydrogen-bond donors (Lipinski definition) is 1. The number of carbonyl (C=O) groups excluding carboxylic acids is 1. The first kappa shape index (κ1) is 19.2. The maximum absolute atomic E-state index is 12.7. The number of carbonyl (C=O) groups is 1. The summed E-state index contributed by atoms with van der Waals surface area (Å²) in [5.41, 5.74) is 2.71. The van der Waals surface area contributed by atoms with Crippen LogP contribution in [0, 0.1) is 10.1 Å². The van der Waals surface area contributed by atoms with E-state index in [4.69, 9.17) is 0 Å². The molecule has 0 unspecified atom stereocenters. The van der Waals surface area contributed by atoms with Gasteiger partial charge in [0.1, 0.15) is 5.69 Å². The summed E-state index contributed by atoms with van der Waals surface area (Å²) < 4.78 is 0. The largest absolute Gasteiger partial charge is 0.372 e. The SMILES string of the molecule is O=C(Nc1ccc(N2CCCCC2)cc1)c1ccc(N2CCCC2)c([N+](=O)[O-])c1. The van der Waals surface area contributed by atoms with Crippen LogP contribution in [0.1, 0.15) is 42.5 Å². The Hall–Kier alpha value is -3.09. The zero-order valence-corrected chi connectivity index (χ0v) is 16.5. The molecule has 152 valence electrons. The minimum absolute atomic E-state index is 0.0139. The van der Waals surface area contributed by atoms with E-state index in [1.807, 2.05) is 29.2 Å². The molecular formula is C22H26N4O3. The first-order chi connectivity index (χ1) is 14.1. The Morgan fingerprint density at radius 1 is 0.862 bits per heavy atom. The standard InChI is InChI=1S/C22H26N4O3/c27-22(23-18-7-9-19(10-8-18)24-12-2-1-3-13-24)17-6-11-20(21(16-17)26(28)29)25-14-4-5-15-25/h6-11,16H,1-5,12-15H2,(H,23,27). The van der Waals surface area contributed by atoms with Crippen LogP contribution in [0.25, 0.3) is 0 Å². The number of benzene rings is 2. The second-order valence-corrected chi connectivity index (χ2v) is 7.70. The van der Waals surface area contributed by atoms with E-state index in [-0.39, 0.29) is 11.6 Å². The summed E-state index contributed by atoms with van der Waals surface area (Å²) >= 11 is 0. The Morgan fingerprint density at radius 3 is 2.14 bits per heavy atom. The molecule has 2 aliphatic heterocycles. The van der Waals surface area contributed by atoms with Gasteiger partial charge in [-0.25, -0.2) is 0 Å². The second-order valence-electron chi connectivity index (χ2n) is 7.70. The summed E-state index contributed by atoms with van der Waals surface area (Å²) in [5, 5.41) is 14.4. The maximum atomic E-state index is 12.7. The Balaban J connectivity index is 1.47. The molecule has 2 aliphatic rings. The molecule has 0 spiro atoms. The van der Waals surface area contributed by atoms with E-state index in [0.29, 0.717) is 16.9 Å². The van der Waals surface area contributed by atoms with Crippen molar-refractivity contribution in [2.45, 2.75) is 32.1 Å². The third-order valence-corrected chi connectivity index (χ3v) is 5.73. The maximum Gasteiger partial charge on any atom is 0.293 e. The van der Waals surface area contributed by atoms with Gasteiger partial charge in [0.15, 0.2) is 0 Å². The lowest BCUT2D eigenvalue weighted by Crippen LogP contribution is -2.29. The van der Waals surface area contributed by atoms with Crippen LogP contribution in [0.2, 0.25) is 0 Å². The molecule has 0 radical (unpaired) electrons. The molecule has 2 heterocycles. The molecule has 2 fully saturated rings. The summed E-state index contributed by atoms with van der Waals surface area (Å²) in [6.45, 7) is 3.77. The zero-order chi connectivity index (χ0) is 20.2. The van der Waals surface area contributed by atoms with Crippen molar-refractivity contribution in [3.8, 4) is 0 Å². The second kappa shape index (κ2) is 8.51. The number of piperidine rings is 1. The van der Waals surface area contributed by atoms with Gasteiger partial charge in [0.2, 0.25) is 0 Å². The van der Waals surface area contributed by atoms with E-state index in [1.165, 1.54) is 25.3 Å². The lowest BCUT2D eigenvalue weighted by Gasteiger charge is -2.28. The van der Waals surface area contributed by atoms with Crippen LogP contribution in [0.5, 0.6) is 0 Å². The van der Waals surface area contributed by atoms with Gasteiger partial charge in [-0.3, -0.25) is 14.9 Å². The lowest BCUT2D eigenvalue weighted by molar-refractivity contribution is -0.384. The van der Waals surface area contributed by atoms with Gasteiger partial charge in [-0.2, -0.15) is 0 Å². The van der Waals surface area contributed by atoms with Crippen LogP contribution in [0.3, 0.4) is 0 Å². The Kier molecular flexibility index (Phi) is 5.64. The van der Waals surface area contributed by atoms with Crippen LogP contribution in [-0.4, -0.2) is 37.0 Å². The zero-order valence-electron chi connectivity index (χ0n) is 16.5. The van der Waals surface area contributed by atoms with Gasteiger partial charge in [-0.15, -0.1) is 0 Å². The summed E-state index contributed by atoms with van der Waals surface area (Å²) in [7, 11) is 0. The van der Waals surface area contributed by atoms with E-state index in [0.717, 1.165) is 44.7 Å². The third kappa shape index (κ3) is 4.34. The van der Waals surface area contributed by atoms with E-state index in [2.05, 4.69) is 10.2 Å². The van der Waals surface area contributed by atoms with Crippen molar-refractivity contribution in [3.63, 3.8) is 0 Å². The van der Waals surface area contributed by atoms with Gasteiger partial charge >= 0.3 is 0 Å². The molecule has 0 aromatic heterocycles. The van der Waals surface area contributed by atoms with E-state index < -0.39 is 4.92 Å². The lowest BCUT2D eigenvalue weighted by atomic mass is 10.1. The fourth-order valence-corrected chi connectivity index (χ4v) is 4.15. The van der Waals surface area contributed by atoms with Crippen molar-refractivity contribution in [1.82, 2.24) is 0 Å². The molecule has 29 heavy (non-hydrogen) atoms. The fraction of sp³-hybridized carbons (Fsp3) is 0.409. The van der Waals surface area contributed by atoms with Gasteiger partial charge in [0.05, 0.1) is 4.92 Å². The number of hydrogen-bond acceptors (Lipinski definition) is 5. The molecule has 0 atom stereocenters. The monoisotopic (exact) mass is 394 g/mol. The van der Waals surface area contributed by atoms with Crippen molar-refractivity contribution >= 4 is 28.7 Å². The predicted molar refractivity (Wildman–Crippen MR) is 115 cm³/mol. The summed E-state index contributed by atoms with van der Waals surface area (Å²) in [6.07, 6.45) is 5.78. The van der Waals surface area contributed by atoms with Crippen LogP contribution in [0.4, 0.5) is 22.7 Å². The predicted octanol–water partition coefficient (Wildman–Crippen LogP) is 4.44. The van der Waals surface area contributed by atoms with Crippen molar-refractivity contribution in [3.05, 3.63) is 58.1 Å². The number of nitro groups is 1. The average molecular weight is 394 g/mol. The van der Waals surface area contributed by atoms with Gasteiger partial charge in [-0.1, -0.05) is 0 Å². The minimum atomic E-state index is -0.405. The number of nitro benzene ring substituents is 1. The topological polar surface area (TPSA) is 78.7 Å². The highest BCUT2D eigenvalue weighted by atomic mass is 16.6. The summed E-state index contributed by atoms with van der Waals surface area (Å²) in [6, 6.07) is 12.5. The van der Waals surface area contributed by atoms with Crippen molar-refractivity contribution in [1.29, 1.82) is 0 Å². The molecule has 1 N–H and O–H groups in total. The van der Waals surface area contributed by atoms with Gasteiger partial charge < -0.3 is 15.1 Å². The van der Waals surface area contributed by atoms with Crippen LogP contribution < -0.4 is 15.1 Å². The summed E-state index contributed by atoms with van der Waals surface area (Å²) in [5.74, 6) is -0.341. The molecule has 2 aromatic rings. The molecule has 0 bridgehead atoms. The molecule has 7 nitrogen and oxygen atoms in total. The molecule has 0 saturated carbocycles. The van der Waals surface area contributed by atoms with Crippen molar-refractivity contribution in [2.75, 3.05) is 41.3 Å². The van der Waals surface area contributed by atoms with Crippen LogP contribution in [0.15, 0.2) is 42.5 Å². The van der Waals surface area contributed by atoms with Crippen molar-refractivity contribution < 1.29 is 9.72 Å². The Morgan fingerprint density at radius 2 is 1.48 bits per heavy atom. The van der Waals surface area contributed by atoms with Crippen LogP contribution >= 0.6 is 0 Å². The van der Waals surface area contributed by atoms with Gasteiger partial charge in [0, 0.05) is 49.2 Å². The quantitative estimate of drug-likeness (QED) is 0.599. The number of nitrogens with zero attached hydrogens (tertiary/aromatic N) is 3. The molecule has 2 aromatic carbocycles. The smallest absolute Gasteiger partial charge is 0.293 e. The van der Waals surface area contributed by atoms with Gasteiger partial charge in [0.25, 0.3) is 11.6 Å². The first-order valence-corrected chi connectivity index (χ1v) is 10.3. The van der Waals surface area contributed by atoms with E-state index >= 15 is 0 Å². The molecule has 0 aliphatic carbocycles. The molecule has 7 heteroatoms. The molecule has 2 saturated heterocycles. The highest BCUT2D eigenvalue weighted by Gasteiger charge is 2.24. The Labute approximate surface area is 170 Å². The average Bonchev–Trinajstić information content (AvgIpc) is 3.29. The molecular weight excluding hydrogens is 368 g/mol. The number of nitrogens with one attached hydrogen (secondary N) is 1. The number of amides is 1. The highest BCUT2D eigenvalue weighted by Crippen LogP contribution is 2.32. The van der Waals surface area contributed by atoms with E-state index in [1.54, 1.807) is 12.1 Å². The number of rotatable bonds is 5. The normalized spacial score (nSPS) is 16.7. The van der Waals surface area contributed by atoms with Crippen molar-refractivity contribution in [2.24, 2.45) is 0 Å². The third-order valence-electron chi connectivity index (χ3n) is 5.73. The Bertz CT molecular complexity index is 885. The molecule has 4 rings (SSSR count). The van der Waals surface area contributed by atoms with Gasteiger partial charge in [-0.05, 0) is 68.5 Å². The highest BCUT2D eigenvalue weighted by molar-refractivity contribution is 6.05. The molecule has 1 amide bonds. The summed E-state index contributed by atoms with van der Waals surface area (Å²) in [4.78, 5) is 28.2. The minimum Gasteiger partial charge on any atom is -0.372 e. The first-order valence-electron chi connectivity index (χ1n) is 10.3. The van der Waals surface area contributed by atoms with Crippen LogP contribution in [-0.2, 0) is 0 Å². The van der Waals surface area contributed by atoms with E-state index in [9.17, 15) is 14.9 Å². The number of anilines is 3.